The van der Waals surface area contributed by atoms with Gasteiger partial charge in [-0.25, -0.2) is 0 Å². The van der Waals surface area contributed by atoms with Gasteiger partial charge in [0.05, 0.1) is 6.04 Å². The molecule has 0 unspecified atom stereocenters. The number of thiophene rings is 1. The molecule has 2 N–H and O–H groups in total. The van der Waals surface area contributed by atoms with Gasteiger partial charge in [-0.3, -0.25) is 4.79 Å². The van der Waals surface area contributed by atoms with Crippen molar-refractivity contribution in [2.75, 3.05) is 0 Å². The van der Waals surface area contributed by atoms with E-state index < -0.39 is 0 Å². The molecule has 0 radical (unpaired) electrons. The van der Waals surface area contributed by atoms with Crippen LogP contribution in [0.25, 0.3) is 11.0 Å². The molecule has 20 heavy (non-hydrogen) atoms. The number of aromatic nitrogens is 3. The van der Waals surface area contributed by atoms with Crippen LogP contribution in [0, 0.1) is 0 Å². The number of aromatic amines is 1. The van der Waals surface area contributed by atoms with Crippen molar-refractivity contribution in [3.05, 3.63) is 46.2 Å². The van der Waals surface area contributed by atoms with E-state index in [-0.39, 0.29) is 11.9 Å². The van der Waals surface area contributed by atoms with Crippen molar-refractivity contribution < 1.29 is 4.79 Å². The first-order valence-electron chi connectivity index (χ1n) is 6.42. The van der Waals surface area contributed by atoms with Crippen LogP contribution in [0.3, 0.4) is 0 Å². The van der Waals surface area contributed by atoms with Gasteiger partial charge in [0.1, 0.15) is 11.0 Å². The molecule has 1 aromatic carbocycles. The third kappa shape index (κ3) is 2.42. The third-order valence-corrected chi connectivity index (χ3v) is 4.16. The van der Waals surface area contributed by atoms with Crippen molar-refractivity contribution in [1.29, 1.82) is 0 Å². The average Bonchev–Trinajstić information content (AvgIpc) is 3.14. The number of rotatable bonds is 4. The maximum Gasteiger partial charge on any atom is 0.251 e. The fourth-order valence-corrected chi connectivity index (χ4v) is 2.95. The molecule has 3 rings (SSSR count). The summed E-state index contributed by atoms with van der Waals surface area (Å²) in [5, 5.41) is 15.6. The molecule has 0 fully saturated rings. The van der Waals surface area contributed by atoms with Gasteiger partial charge in [-0.15, -0.1) is 11.3 Å². The summed E-state index contributed by atoms with van der Waals surface area (Å²) in [5.74, 6) is -0.0878. The Labute approximate surface area is 120 Å². The summed E-state index contributed by atoms with van der Waals surface area (Å²) in [6.45, 7) is 2.06. The van der Waals surface area contributed by atoms with Gasteiger partial charge in [-0.2, -0.15) is 15.4 Å². The van der Waals surface area contributed by atoms with Crippen molar-refractivity contribution in [3.8, 4) is 0 Å². The number of nitrogens with zero attached hydrogens (tertiary/aromatic N) is 2. The zero-order chi connectivity index (χ0) is 13.9. The van der Waals surface area contributed by atoms with E-state index in [1.54, 1.807) is 29.5 Å². The lowest BCUT2D eigenvalue weighted by Crippen LogP contribution is -2.27. The summed E-state index contributed by atoms with van der Waals surface area (Å²) in [4.78, 5) is 13.5. The number of amides is 1. The number of hydrogen-bond acceptors (Lipinski definition) is 4. The Hall–Kier alpha value is -2.21. The Bertz CT molecular complexity index is 720. The maximum atomic E-state index is 12.3. The monoisotopic (exact) mass is 286 g/mol. The molecule has 6 heteroatoms. The highest BCUT2D eigenvalue weighted by molar-refractivity contribution is 7.10. The smallest absolute Gasteiger partial charge is 0.251 e. The molecule has 1 atom stereocenters. The lowest BCUT2D eigenvalue weighted by molar-refractivity contribution is 0.0936. The molecule has 0 aliphatic heterocycles. The second-order valence-electron chi connectivity index (χ2n) is 4.48. The third-order valence-electron chi connectivity index (χ3n) is 3.18. The lowest BCUT2D eigenvalue weighted by atomic mass is 10.1. The summed E-state index contributed by atoms with van der Waals surface area (Å²) in [6.07, 6.45) is 0.860. The molecule has 102 valence electrons. The van der Waals surface area contributed by atoms with E-state index in [4.69, 9.17) is 0 Å². The molecule has 2 heterocycles. The Kier molecular flexibility index (Phi) is 3.47. The van der Waals surface area contributed by atoms with Gasteiger partial charge in [-0.05, 0) is 36.1 Å². The van der Waals surface area contributed by atoms with Crippen LogP contribution in [0.4, 0.5) is 0 Å². The van der Waals surface area contributed by atoms with Gasteiger partial charge in [0.15, 0.2) is 0 Å². The van der Waals surface area contributed by atoms with Crippen LogP contribution in [0.5, 0.6) is 0 Å². The second-order valence-corrected chi connectivity index (χ2v) is 5.46. The molecule has 0 saturated carbocycles. The zero-order valence-corrected chi connectivity index (χ0v) is 11.8. The minimum Gasteiger partial charge on any atom is -0.344 e. The van der Waals surface area contributed by atoms with Crippen molar-refractivity contribution in [1.82, 2.24) is 20.7 Å². The first-order valence-corrected chi connectivity index (χ1v) is 7.30. The van der Waals surface area contributed by atoms with Crippen molar-refractivity contribution in [2.45, 2.75) is 19.4 Å². The highest BCUT2D eigenvalue weighted by Crippen LogP contribution is 2.22. The maximum absolute atomic E-state index is 12.3. The SMILES string of the molecule is CC[C@@H](NC(=O)c1ccc2n[nH]nc2c1)c1cccs1. The molecule has 0 aliphatic rings. The molecule has 0 spiro atoms. The van der Waals surface area contributed by atoms with Gasteiger partial charge < -0.3 is 5.32 Å². The van der Waals surface area contributed by atoms with Gasteiger partial charge >= 0.3 is 0 Å². The number of H-pyrrole nitrogens is 1. The van der Waals surface area contributed by atoms with E-state index in [9.17, 15) is 4.79 Å². The van der Waals surface area contributed by atoms with Gasteiger partial charge in [0.2, 0.25) is 0 Å². The predicted octanol–water partition coefficient (Wildman–Crippen LogP) is 2.90. The second kappa shape index (κ2) is 5.42. The Morgan fingerprint density at radius 2 is 2.20 bits per heavy atom. The number of benzene rings is 1. The van der Waals surface area contributed by atoms with Crippen LogP contribution >= 0.6 is 11.3 Å². The summed E-state index contributed by atoms with van der Waals surface area (Å²) < 4.78 is 0. The van der Waals surface area contributed by atoms with Gasteiger partial charge in [0, 0.05) is 10.4 Å². The zero-order valence-electron chi connectivity index (χ0n) is 11.0. The fraction of sp³-hybridized carbons (Fsp3) is 0.214. The average molecular weight is 286 g/mol. The Morgan fingerprint density at radius 1 is 1.35 bits per heavy atom. The van der Waals surface area contributed by atoms with Crippen LogP contribution in [0.2, 0.25) is 0 Å². The fourth-order valence-electron chi connectivity index (χ4n) is 2.09. The number of fused-ring (bicyclic) bond motifs is 1. The lowest BCUT2D eigenvalue weighted by Gasteiger charge is -2.15. The summed E-state index contributed by atoms with van der Waals surface area (Å²) >= 11 is 1.65. The van der Waals surface area contributed by atoms with E-state index in [0.29, 0.717) is 11.1 Å². The number of carbonyl (C=O) groups is 1. The van der Waals surface area contributed by atoms with Crippen LogP contribution in [0.1, 0.15) is 34.6 Å². The number of nitrogens with one attached hydrogen (secondary N) is 2. The van der Waals surface area contributed by atoms with Gasteiger partial charge in [-0.1, -0.05) is 13.0 Å². The minimum absolute atomic E-state index is 0.0514. The Morgan fingerprint density at radius 3 is 2.95 bits per heavy atom. The highest BCUT2D eigenvalue weighted by Gasteiger charge is 2.15. The van der Waals surface area contributed by atoms with Crippen LogP contribution < -0.4 is 5.32 Å². The van der Waals surface area contributed by atoms with E-state index in [1.807, 2.05) is 17.5 Å². The normalized spacial score (nSPS) is 12.4. The molecular weight excluding hydrogens is 272 g/mol. The molecule has 1 amide bonds. The quantitative estimate of drug-likeness (QED) is 0.774. The largest absolute Gasteiger partial charge is 0.344 e. The van der Waals surface area contributed by atoms with Crippen LogP contribution in [-0.2, 0) is 0 Å². The number of carbonyl (C=O) groups excluding carboxylic acids is 1. The minimum atomic E-state index is -0.0878. The van der Waals surface area contributed by atoms with E-state index in [2.05, 4.69) is 27.7 Å². The number of hydrogen-bond donors (Lipinski definition) is 2. The molecule has 2 aromatic heterocycles. The molecule has 3 aromatic rings. The van der Waals surface area contributed by atoms with Gasteiger partial charge in [0.25, 0.3) is 5.91 Å². The molecule has 0 aliphatic carbocycles. The first-order chi connectivity index (χ1) is 9.78. The Balaban J connectivity index is 1.81. The standard InChI is InChI=1S/C14H14N4OS/c1-2-10(13-4-3-7-20-13)15-14(19)9-5-6-11-12(8-9)17-18-16-11/h3-8,10H,2H2,1H3,(H,15,19)(H,16,17,18)/t10-/m1/s1. The molecule has 0 saturated heterocycles. The van der Waals surface area contributed by atoms with E-state index in [0.717, 1.165) is 11.9 Å². The summed E-state index contributed by atoms with van der Waals surface area (Å²) in [5.41, 5.74) is 2.05. The van der Waals surface area contributed by atoms with Crippen LogP contribution in [0.15, 0.2) is 35.7 Å². The first kappa shape index (κ1) is 12.8. The highest BCUT2D eigenvalue weighted by atomic mass is 32.1. The summed E-state index contributed by atoms with van der Waals surface area (Å²) in [6, 6.07) is 9.39. The van der Waals surface area contributed by atoms with E-state index in [1.165, 1.54) is 4.88 Å². The summed E-state index contributed by atoms with van der Waals surface area (Å²) in [7, 11) is 0. The topological polar surface area (TPSA) is 70.7 Å². The van der Waals surface area contributed by atoms with Crippen molar-refractivity contribution >= 4 is 28.3 Å². The van der Waals surface area contributed by atoms with Crippen molar-refractivity contribution in [3.63, 3.8) is 0 Å². The molecular formula is C14H14N4OS. The predicted molar refractivity (Wildman–Crippen MR) is 78.7 cm³/mol. The molecule has 5 nitrogen and oxygen atoms in total. The van der Waals surface area contributed by atoms with Crippen molar-refractivity contribution in [2.24, 2.45) is 0 Å². The molecule has 0 bridgehead atoms. The van der Waals surface area contributed by atoms with E-state index >= 15 is 0 Å². The van der Waals surface area contributed by atoms with Crippen LogP contribution in [-0.4, -0.2) is 21.3 Å².